The first kappa shape index (κ1) is 15.9. The smallest absolute Gasteiger partial charge is 0.240 e. The number of nitrogens with two attached hydrogens (primary N) is 1. The molecule has 0 saturated heterocycles. The van der Waals surface area contributed by atoms with Crippen molar-refractivity contribution >= 4 is 38.0 Å². The molecular formula is C17H15N3O3S. The van der Waals surface area contributed by atoms with Crippen molar-refractivity contribution in [3.63, 3.8) is 0 Å². The predicted molar refractivity (Wildman–Crippen MR) is 93.3 cm³/mol. The van der Waals surface area contributed by atoms with Crippen LogP contribution >= 0.6 is 0 Å². The van der Waals surface area contributed by atoms with E-state index in [1.165, 1.54) is 18.3 Å². The van der Waals surface area contributed by atoms with Gasteiger partial charge in [0.15, 0.2) is 9.84 Å². The maximum Gasteiger partial charge on any atom is 0.240 e. The third kappa shape index (κ3) is 3.36. The summed E-state index contributed by atoms with van der Waals surface area (Å²) in [6.07, 6.45) is 1.49. The Balaban J connectivity index is 1.78. The topological polar surface area (TPSA) is 102 Å². The van der Waals surface area contributed by atoms with Crippen LogP contribution in [0, 0.1) is 0 Å². The third-order valence-electron chi connectivity index (χ3n) is 3.45. The number of sulfone groups is 1. The van der Waals surface area contributed by atoms with E-state index in [1.807, 2.05) is 24.3 Å². The Hall–Kier alpha value is -2.93. The Labute approximate surface area is 139 Å². The number of benzene rings is 2. The Morgan fingerprint density at radius 2 is 1.79 bits per heavy atom. The minimum atomic E-state index is -3.81. The molecule has 7 heteroatoms. The van der Waals surface area contributed by atoms with Crippen molar-refractivity contribution in [3.8, 4) is 0 Å². The minimum Gasteiger partial charge on any atom is -0.398 e. The van der Waals surface area contributed by atoms with Crippen LogP contribution in [0.5, 0.6) is 0 Å². The van der Waals surface area contributed by atoms with E-state index in [2.05, 4.69) is 10.3 Å². The molecule has 0 aliphatic rings. The molecule has 0 aliphatic heterocycles. The Morgan fingerprint density at radius 3 is 2.58 bits per heavy atom. The Bertz CT molecular complexity index is 1020. The fourth-order valence-corrected chi connectivity index (χ4v) is 3.64. The summed E-state index contributed by atoms with van der Waals surface area (Å²) < 4.78 is 24.6. The molecule has 0 spiro atoms. The molecule has 0 unspecified atom stereocenters. The number of amides is 1. The minimum absolute atomic E-state index is 0.0446. The SMILES string of the molecule is Nc1ccccc1S(=O)(=O)CC(=O)Nc1cnc2ccccc2c1. The molecule has 3 aromatic rings. The number of nitrogen functional groups attached to an aromatic ring is 1. The molecule has 24 heavy (non-hydrogen) atoms. The van der Waals surface area contributed by atoms with Crippen molar-refractivity contribution < 1.29 is 13.2 Å². The van der Waals surface area contributed by atoms with Gasteiger partial charge < -0.3 is 11.1 Å². The number of fused-ring (bicyclic) bond motifs is 1. The molecule has 1 heterocycles. The van der Waals surface area contributed by atoms with Gasteiger partial charge in [-0.3, -0.25) is 9.78 Å². The highest BCUT2D eigenvalue weighted by molar-refractivity contribution is 7.92. The molecule has 6 nitrogen and oxygen atoms in total. The van der Waals surface area contributed by atoms with E-state index in [1.54, 1.807) is 18.2 Å². The van der Waals surface area contributed by atoms with E-state index < -0.39 is 21.5 Å². The lowest BCUT2D eigenvalue weighted by atomic mass is 10.2. The molecule has 0 fully saturated rings. The molecule has 122 valence electrons. The van der Waals surface area contributed by atoms with Crippen LogP contribution in [-0.2, 0) is 14.6 Å². The number of nitrogens with one attached hydrogen (secondary N) is 1. The average Bonchev–Trinajstić information content (AvgIpc) is 2.54. The first-order valence-electron chi connectivity index (χ1n) is 7.18. The van der Waals surface area contributed by atoms with Crippen molar-refractivity contribution in [2.45, 2.75) is 4.90 Å². The summed E-state index contributed by atoms with van der Waals surface area (Å²) >= 11 is 0. The van der Waals surface area contributed by atoms with Crippen LogP contribution in [0.4, 0.5) is 11.4 Å². The predicted octanol–water partition coefficient (Wildman–Crippen LogP) is 2.23. The highest BCUT2D eigenvalue weighted by Crippen LogP contribution is 2.20. The van der Waals surface area contributed by atoms with Crippen molar-refractivity contribution in [2.24, 2.45) is 0 Å². The molecular weight excluding hydrogens is 326 g/mol. The van der Waals surface area contributed by atoms with Gasteiger partial charge >= 0.3 is 0 Å². The second-order valence-corrected chi connectivity index (χ2v) is 7.22. The van der Waals surface area contributed by atoms with E-state index >= 15 is 0 Å². The van der Waals surface area contributed by atoms with E-state index in [-0.39, 0.29) is 10.6 Å². The van der Waals surface area contributed by atoms with Gasteiger partial charge in [-0.15, -0.1) is 0 Å². The number of nitrogens with zero attached hydrogens (tertiary/aromatic N) is 1. The number of carbonyl (C=O) groups is 1. The number of pyridine rings is 1. The summed E-state index contributed by atoms with van der Waals surface area (Å²) in [4.78, 5) is 16.3. The molecule has 2 aromatic carbocycles. The molecule has 3 rings (SSSR count). The number of rotatable bonds is 4. The Morgan fingerprint density at radius 1 is 1.08 bits per heavy atom. The van der Waals surface area contributed by atoms with Crippen molar-refractivity contribution in [1.29, 1.82) is 0 Å². The van der Waals surface area contributed by atoms with Gasteiger partial charge in [-0.2, -0.15) is 0 Å². The van der Waals surface area contributed by atoms with E-state index in [0.29, 0.717) is 5.69 Å². The van der Waals surface area contributed by atoms with Gasteiger partial charge in [0.1, 0.15) is 5.75 Å². The van der Waals surface area contributed by atoms with Crippen LogP contribution in [0.25, 0.3) is 10.9 Å². The number of carbonyl (C=O) groups excluding carboxylic acids is 1. The van der Waals surface area contributed by atoms with E-state index in [4.69, 9.17) is 5.73 Å². The summed E-state index contributed by atoms with van der Waals surface area (Å²) in [7, 11) is -3.81. The average molecular weight is 341 g/mol. The molecule has 0 aliphatic carbocycles. The highest BCUT2D eigenvalue weighted by atomic mass is 32.2. The highest BCUT2D eigenvalue weighted by Gasteiger charge is 2.21. The normalized spacial score (nSPS) is 11.3. The van der Waals surface area contributed by atoms with Crippen molar-refractivity contribution in [2.75, 3.05) is 16.8 Å². The van der Waals surface area contributed by atoms with Gasteiger partial charge in [0, 0.05) is 5.39 Å². The molecule has 1 amide bonds. The number of anilines is 2. The second kappa shape index (κ2) is 6.29. The first-order chi connectivity index (χ1) is 11.5. The molecule has 0 bridgehead atoms. The number of aromatic nitrogens is 1. The fourth-order valence-electron chi connectivity index (χ4n) is 2.35. The standard InChI is InChI=1S/C17H15N3O3S/c18-14-6-2-4-8-16(14)24(22,23)11-17(21)20-13-9-12-5-1-3-7-15(12)19-10-13/h1-10H,11,18H2,(H,20,21). The summed E-state index contributed by atoms with van der Waals surface area (Å²) in [5.74, 6) is -1.33. The van der Waals surface area contributed by atoms with Crippen LogP contribution in [0.1, 0.15) is 0 Å². The monoisotopic (exact) mass is 341 g/mol. The summed E-state index contributed by atoms with van der Waals surface area (Å²) in [6.45, 7) is 0. The van der Waals surface area contributed by atoms with Gasteiger partial charge in [-0.25, -0.2) is 8.42 Å². The van der Waals surface area contributed by atoms with Gasteiger partial charge in [0.2, 0.25) is 5.91 Å². The Kier molecular flexibility index (Phi) is 4.18. The summed E-state index contributed by atoms with van der Waals surface area (Å²) in [5.41, 5.74) is 7.03. The van der Waals surface area contributed by atoms with Crippen LogP contribution in [0.15, 0.2) is 65.7 Å². The molecule has 1 aromatic heterocycles. The van der Waals surface area contributed by atoms with Gasteiger partial charge in [0.05, 0.1) is 28.0 Å². The lowest BCUT2D eigenvalue weighted by Gasteiger charge is -2.08. The van der Waals surface area contributed by atoms with Crippen LogP contribution < -0.4 is 11.1 Å². The van der Waals surface area contributed by atoms with Crippen molar-refractivity contribution in [3.05, 3.63) is 60.8 Å². The largest absolute Gasteiger partial charge is 0.398 e. The maximum atomic E-state index is 12.3. The zero-order chi connectivity index (χ0) is 17.2. The second-order valence-electron chi connectivity index (χ2n) is 5.26. The zero-order valence-electron chi connectivity index (χ0n) is 12.6. The van der Waals surface area contributed by atoms with Gasteiger partial charge in [0.25, 0.3) is 0 Å². The molecule has 0 saturated carbocycles. The number of para-hydroxylation sites is 2. The van der Waals surface area contributed by atoms with Crippen LogP contribution in [0.3, 0.4) is 0 Å². The third-order valence-corrected chi connectivity index (χ3v) is 5.13. The summed E-state index contributed by atoms with van der Waals surface area (Å²) in [6, 6.07) is 15.2. The number of hydrogen-bond donors (Lipinski definition) is 2. The quantitative estimate of drug-likeness (QED) is 0.709. The summed E-state index contributed by atoms with van der Waals surface area (Å²) in [5, 5.41) is 3.41. The van der Waals surface area contributed by atoms with E-state index in [9.17, 15) is 13.2 Å². The first-order valence-corrected chi connectivity index (χ1v) is 8.83. The number of hydrogen-bond acceptors (Lipinski definition) is 5. The molecule has 0 radical (unpaired) electrons. The van der Waals surface area contributed by atoms with Crippen LogP contribution in [-0.4, -0.2) is 25.1 Å². The zero-order valence-corrected chi connectivity index (χ0v) is 13.5. The lowest BCUT2D eigenvalue weighted by Crippen LogP contribution is -2.23. The van der Waals surface area contributed by atoms with Gasteiger partial charge in [-0.05, 0) is 24.3 Å². The maximum absolute atomic E-state index is 12.3. The molecule has 0 atom stereocenters. The van der Waals surface area contributed by atoms with E-state index in [0.717, 1.165) is 10.9 Å². The van der Waals surface area contributed by atoms with Crippen LogP contribution in [0.2, 0.25) is 0 Å². The van der Waals surface area contributed by atoms with Crippen molar-refractivity contribution in [1.82, 2.24) is 4.98 Å². The lowest BCUT2D eigenvalue weighted by molar-refractivity contribution is -0.113. The van der Waals surface area contributed by atoms with Gasteiger partial charge in [-0.1, -0.05) is 30.3 Å². The molecule has 3 N–H and O–H groups in total. The fraction of sp³-hybridized carbons (Fsp3) is 0.0588.